The number of amides is 1. The van der Waals surface area contributed by atoms with Crippen molar-refractivity contribution >= 4 is 13.7 Å². The summed E-state index contributed by atoms with van der Waals surface area (Å²) in [6.07, 6.45) is 63.6. The first-order valence-corrected chi connectivity index (χ1v) is 30.7. The van der Waals surface area contributed by atoms with Crippen LogP contribution in [0.3, 0.4) is 0 Å². The Morgan fingerprint density at radius 3 is 1.16 bits per heavy atom. The van der Waals surface area contributed by atoms with E-state index in [0.717, 1.165) is 44.9 Å². The Balaban J connectivity index is 3.71. The molecule has 0 aromatic carbocycles. The summed E-state index contributed by atoms with van der Waals surface area (Å²) in [7, 11) is 1.56. The van der Waals surface area contributed by atoms with E-state index in [1.807, 2.05) is 27.2 Å². The molecule has 0 aliphatic carbocycles. The van der Waals surface area contributed by atoms with Crippen molar-refractivity contribution in [2.45, 2.75) is 302 Å². The van der Waals surface area contributed by atoms with E-state index in [1.165, 1.54) is 225 Å². The number of unbranched alkanes of at least 4 members (excludes halogenated alkanes) is 39. The number of likely N-dealkylation sites (N-methyl/N-ethyl adjacent to an activating group) is 1. The molecule has 0 rings (SSSR count). The molecular weight excluding hydrogens is 852 g/mol. The number of carbonyl (C=O) groups is 1. The van der Waals surface area contributed by atoms with Gasteiger partial charge in [-0.05, 0) is 25.7 Å². The third kappa shape index (κ3) is 52.6. The van der Waals surface area contributed by atoms with Gasteiger partial charge in [-0.15, -0.1) is 0 Å². The van der Waals surface area contributed by atoms with Crippen LogP contribution in [0, 0.1) is 0 Å². The standard InChI is InChI=1S/C58H115N2O6P/c1-6-8-10-12-14-15-16-17-18-19-20-21-22-23-24-25-26-27-28-29-30-31-32-33-34-35-36-37-38-39-40-41-42-43-44-46-48-50-52-58(62)59-56(57(61)51-49-47-45-13-11-9-7-2)55-66-67(63,64)65-54-53-60(3,4)5/h11,13,49,51,56-57,61H,6-10,12,14-48,50,52-55H2,1-5H3,(H-,59,62,63,64)/p+1/b13-11+,51-49+. The molecule has 1 amide bonds. The second kappa shape index (κ2) is 49.9. The molecular formula is C58H116N2O6P+. The van der Waals surface area contributed by atoms with Crippen LogP contribution in [-0.4, -0.2) is 73.4 Å². The lowest BCUT2D eigenvalue weighted by Gasteiger charge is -2.25. The number of rotatable bonds is 54. The summed E-state index contributed by atoms with van der Waals surface area (Å²) in [4.78, 5) is 23.1. The number of carbonyl (C=O) groups excluding carboxylic acids is 1. The molecule has 0 aromatic rings. The Kier molecular flexibility index (Phi) is 49.2. The number of allylic oxidation sites excluding steroid dienone is 3. The zero-order valence-corrected chi connectivity index (χ0v) is 46.3. The quantitative estimate of drug-likeness (QED) is 0.0243. The van der Waals surface area contributed by atoms with Crippen LogP contribution in [0.5, 0.6) is 0 Å². The molecule has 8 nitrogen and oxygen atoms in total. The second-order valence-corrected chi connectivity index (χ2v) is 22.8. The summed E-state index contributed by atoms with van der Waals surface area (Å²) >= 11 is 0. The first kappa shape index (κ1) is 66.0. The van der Waals surface area contributed by atoms with E-state index in [0.29, 0.717) is 17.4 Å². The third-order valence-corrected chi connectivity index (χ3v) is 14.4. The van der Waals surface area contributed by atoms with Gasteiger partial charge in [-0.1, -0.05) is 282 Å². The molecule has 0 aliphatic rings. The van der Waals surface area contributed by atoms with E-state index in [9.17, 15) is 19.4 Å². The number of aliphatic hydroxyl groups is 1. The van der Waals surface area contributed by atoms with Crippen LogP contribution in [0.4, 0.5) is 0 Å². The van der Waals surface area contributed by atoms with Crippen molar-refractivity contribution in [3.63, 3.8) is 0 Å². The lowest BCUT2D eigenvalue weighted by Crippen LogP contribution is -2.45. The number of phosphoric ester groups is 1. The fraction of sp³-hybridized carbons (Fsp3) is 0.914. The number of hydrogen-bond acceptors (Lipinski definition) is 5. The summed E-state index contributed by atoms with van der Waals surface area (Å²) in [5.74, 6) is -0.186. The fourth-order valence-corrected chi connectivity index (χ4v) is 9.57. The van der Waals surface area contributed by atoms with E-state index in [4.69, 9.17) is 9.05 Å². The molecule has 3 unspecified atom stereocenters. The van der Waals surface area contributed by atoms with Crippen LogP contribution in [0.15, 0.2) is 24.3 Å². The molecule has 67 heavy (non-hydrogen) atoms. The molecule has 0 saturated carbocycles. The van der Waals surface area contributed by atoms with E-state index in [1.54, 1.807) is 6.08 Å². The minimum absolute atomic E-state index is 0.0576. The Morgan fingerprint density at radius 2 is 0.821 bits per heavy atom. The maximum absolute atomic E-state index is 12.9. The molecule has 0 saturated heterocycles. The van der Waals surface area contributed by atoms with Gasteiger partial charge in [-0.2, -0.15) is 0 Å². The van der Waals surface area contributed by atoms with Crippen molar-refractivity contribution in [3.05, 3.63) is 24.3 Å². The van der Waals surface area contributed by atoms with Gasteiger partial charge < -0.3 is 19.8 Å². The first-order valence-electron chi connectivity index (χ1n) is 29.2. The zero-order chi connectivity index (χ0) is 49.2. The Hall–Kier alpha value is -1.02. The lowest BCUT2D eigenvalue weighted by molar-refractivity contribution is -0.870. The smallest absolute Gasteiger partial charge is 0.387 e. The van der Waals surface area contributed by atoms with E-state index in [2.05, 4.69) is 31.3 Å². The molecule has 0 radical (unpaired) electrons. The van der Waals surface area contributed by atoms with Gasteiger partial charge in [0.25, 0.3) is 0 Å². The second-order valence-electron chi connectivity index (χ2n) is 21.4. The molecule has 0 bridgehead atoms. The summed E-state index contributed by atoms with van der Waals surface area (Å²) in [5, 5.41) is 13.7. The number of aliphatic hydroxyl groups excluding tert-OH is 1. The van der Waals surface area contributed by atoms with Gasteiger partial charge in [0.15, 0.2) is 0 Å². The van der Waals surface area contributed by atoms with Crippen molar-refractivity contribution < 1.29 is 32.9 Å². The Labute approximate surface area is 417 Å². The van der Waals surface area contributed by atoms with Crippen molar-refractivity contribution in [2.75, 3.05) is 40.9 Å². The summed E-state index contributed by atoms with van der Waals surface area (Å²) in [6, 6.07) is -0.857. The van der Waals surface area contributed by atoms with E-state index >= 15 is 0 Å². The van der Waals surface area contributed by atoms with Crippen LogP contribution in [-0.2, 0) is 18.4 Å². The van der Waals surface area contributed by atoms with Crippen molar-refractivity contribution in [1.29, 1.82) is 0 Å². The van der Waals surface area contributed by atoms with Crippen molar-refractivity contribution in [2.24, 2.45) is 0 Å². The Bertz CT molecular complexity index is 1140. The maximum atomic E-state index is 12.9. The topological polar surface area (TPSA) is 105 Å². The van der Waals surface area contributed by atoms with Gasteiger partial charge in [-0.25, -0.2) is 4.57 Å². The van der Waals surface area contributed by atoms with Gasteiger partial charge in [0.05, 0.1) is 39.9 Å². The van der Waals surface area contributed by atoms with Crippen molar-refractivity contribution in [3.8, 4) is 0 Å². The van der Waals surface area contributed by atoms with Crippen LogP contribution in [0.1, 0.15) is 290 Å². The summed E-state index contributed by atoms with van der Waals surface area (Å²) < 4.78 is 23.5. The normalized spacial score (nSPS) is 14.1. The number of hydrogen-bond donors (Lipinski definition) is 3. The van der Waals surface area contributed by atoms with Gasteiger partial charge in [0, 0.05) is 6.42 Å². The molecule has 3 N–H and O–H groups in total. The number of quaternary nitrogens is 1. The third-order valence-electron chi connectivity index (χ3n) is 13.4. The van der Waals surface area contributed by atoms with Crippen LogP contribution in [0.25, 0.3) is 0 Å². The van der Waals surface area contributed by atoms with Gasteiger partial charge >= 0.3 is 7.82 Å². The fourth-order valence-electron chi connectivity index (χ4n) is 8.83. The van der Waals surface area contributed by atoms with Gasteiger partial charge in [0.1, 0.15) is 13.2 Å². The molecule has 0 aliphatic heterocycles. The number of phosphoric acid groups is 1. The number of nitrogens with one attached hydrogen (secondary N) is 1. The van der Waals surface area contributed by atoms with Crippen molar-refractivity contribution in [1.82, 2.24) is 5.32 Å². The molecule has 3 atom stereocenters. The average molecular weight is 969 g/mol. The van der Waals surface area contributed by atoms with Crippen LogP contribution >= 0.6 is 7.82 Å². The highest BCUT2D eigenvalue weighted by Gasteiger charge is 2.27. The lowest BCUT2D eigenvalue weighted by atomic mass is 10.0. The highest BCUT2D eigenvalue weighted by Crippen LogP contribution is 2.43. The van der Waals surface area contributed by atoms with Gasteiger partial charge in [-0.3, -0.25) is 13.8 Å². The molecule has 0 fully saturated rings. The summed E-state index contributed by atoms with van der Waals surface area (Å²) in [5.41, 5.74) is 0. The minimum atomic E-state index is -4.34. The predicted octanol–water partition coefficient (Wildman–Crippen LogP) is 17.6. The number of nitrogens with zero attached hydrogens (tertiary/aromatic N) is 1. The minimum Gasteiger partial charge on any atom is -0.387 e. The highest BCUT2D eigenvalue weighted by atomic mass is 31.2. The zero-order valence-electron chi connectivity index (χ0n) is 45.4. The molecule has 0 spiro atoms. The van der Waals surface area contributed by atoms with Crippen LogP contribution in [0.2, 0.25) is 0 Å². The molecule has 0 heterocycles. The van der Waals surface area contributed by atoms with E-state index in [-0.39, 0.29) is 19.1 Å². The summed E-state index contributed by atoms with van der Waals surface area (Å²) in [6.45, 7) is 4.71. The average Bonchev–Trinajstić information content (AvgIpc) is 3.29. The maximum Gasteiger partial charge on any atom is 0.472 e. The van der Waals surface area contributed by atoms with E-state index < -0.39 is 20.0 Å². The van der Waals surface area contributed by atoms with Crippen LogP contribution < -0.4 is 5.32 Å². The molecule has 9 heteroatoms. The monoisotopic (exact) mass is 968 g/mol. The molecule has 398 valence electrons. The SMILES string of the molecule is CCC/C=C/CC/C=C/C(O)C(COP(=O)(O)OCC[N+](C)(C)C)NC(=O)CCCCCCCCCCCCCCCCCCCCCCCCCCCCCCCCCCCCCCCC. The predicted molar refractivity (Wildman–Crippen MR) is 291 cm³/mol. The highest BCUT2D eigenvalue weighted by molar-refractivity contribution is 7.47. The van der Waals surface area contributed by atoms with Gasteiger partial charge in [0.2, 0.25) is 5.91 Å². The Morgan fingerprint density at radius 1 is 0.493 bits per heavy atom. The first-order chi connectivity index (χ1) is 32.5. The molecule has 0 aromatic heterocycles. The largest absolute Gasteiger partial charge is 0.472 e.